The van der Waals surface area contributed by atoms with Crippen molar-refractivity contribution in [1.82, 2.24) is 4.98 Å². The molecule has 1 aliphatic rings. The van der Waals surface area contributed by atoms with E-state index in [0.717, 1.165) is 18.7 Å². The van der Waals surface area contributed by atoms with E-state index in [4.69, 9.17) is 0 Å². The summed E-state index contributed by atoms with van der Waals surface area (Å²) in [6.07, 6.45) is 7.56. The van der Waals surface area contributed by atoms with Crippen LogP contribution in [0.15, 0.2) is 18.3 Å². The van der Waals surface area contributed by atoms with Crippen LogP contribution in [0.2, 0.25) is 0 Å². The van der Waals surface area contributed by atoms with Crippen LogP contribution in [-0.4, -0.2) is 22.2 Å². The van der Waals surface area contributed by atoms with E-state index in [2.05, 4.69) is 17.2 Å². The molecule has 0 saturated heterocycles. The van der Waals surface area contributed by atoms with Crippen molar-refractivity contribution in [2.24, 2.45) is 0 Å². The van der Waals surface area contributed by atoms with Crippen molar-refractivity contribution in [3.63, 3.8) is 0 Å². The quantitative estimate of drug-likeness (QED) is 0.822. The number of aromatic nitrogens is 1. The fourth-order valence-electron chi connectivity index (χ4n) is 2.43. The van der Waals surface area contributed by atoms with Gasteiger partial charge in [-0.15, -0.1) is 0 Å². The second-order valence-electron chi connectivity index (χ2n) is 4.84. The molecule has 0 aromatic carbocycles. The Morgan fingerprint density at radius 2 is 2.12 bits per heavy atom. The van der Waals surface area contributed by atoms with Crippen LogP contribution in [0.4, 0.5) is 5.82 Å². The first kappa shape index (κ1) is 11.4. The first-order chi connectivity index (χ1) is 7.74. The SMILES string of the molecule is Cc1ccnc(NC2(CO)CCCCC2)c1. The molecule has 1 aromatic heterocycles. The second-order valence-corrected chi connectivity index (χ2v) is 4.84. The largest absolute Gasteiger partial charge is 0.394 e. The van der Waals surface area contributed by atoms with Gasteiger partial charge in [-0.3, -0.25) is 0 Å². The Bertz CT molecular complexity index is 346. The third-order valence-electron chi connectivity index (χ3n) is 3.42. The van der Waals surface area contributed by atoms with E-state index in [1.165, 1.54) is 24.8 Å². The molecule has 2 rings (SSSR count). The van der Waals surface area contributed by atoms with Gasteiger partial charge in [0.25, 0.3) is 0 Å². The van der Waals surface area contributed by atoms with Crippen LogP contribution in [0, 0.1) is 6.92 Å². The molecule has 0 radical (unpaired) electrons. The van der Waals surface area contributed by atoms with Crippen LogP contribution in [0.25, 0.3) is 0 Å². The molecule has 0 amide bonds. The average Bonchev–Trinajstić information content (AvgIpc) is 2.30. The van der Waals surface area contributed by atoms with Crippen LogP contribution in [0.5, 0.6) is 0 Å². The minimum Gasteiger partial charge on any atom is -0.394 e. The van der Waals surface area contributed by atoms with E-state index >= 15 is 0 Å². The molecule has 3 heteroatoms. The molecule has 1 aromatic rings. The highest BCUT2D eigenvalue weighted by atomic mass is 16.3. The summed E-state index contributed by atoms with van der Waals surface area (Å²) in [5, 5.41) is 13.0. The summed E-state index contributed by atoms with van der Waals surface area (Å²) >= 11 is 0. The van der Waals surface area contributed by atoms with Gasteiger partial charge in [-0.1, -0.05) is 19.3 Å². The van der Waals surface area contributed by atoms with E-state index < -0.39 is 0 Å². The summed E-state index contributed by atoms with van der Waals surface area (Å²) in [6, 6.07) is 4.02. The lowest BCUT2D eigenvalue weighted by Crippen LogP contribution is -2.44. The molecule has 0 spiro atoms. The van der Waals surface area contributed by atoms with Crippen molar-refractivity contribution in [2.75, 3.05) is 11.9 Å². The van der Waals surface area contributed by atoms with Gasteiger partial charge in [-0.05, 0) is 37.5 Å². The highest BCUT2D eigenvalue weighted by molar-refractivity contribution is 5.40. The Balaban J connectivity index is 2.11. The summed E-state index contributed by atoms with van der Waals surface area (Å²) in [7, 11) is 0. The Hall–Kier alpha value is -1.09. The predicted molar refractivity (Wildman–Crippen MR) is 65.5 cm³/mol. The third kappa shape index (κ3) is 2.53. The zero-order valence-corrected chi connectivity index (χ0v) is 9.87. The maximum Gasteiger partial charge on any atom is 0.126 e. The van der Waals surface area contributed by atoms with Gasteiger partial charge < -0.3 is 10.4 Å². The number of aliphatic hydroxyl groups is 1. The van der Waals surface area contributed by atoms with E-state index in [0.29, 0.717) is 0 Å². The van der Waals surface area contributed by atoms with Crippen molar-refractivity contribution in [1.29, 1.82) is 0 Å². The molecular weight excluding hydrogens is 200 g/mol. The Morgan fingerprint density at radius 1 is 1.38 bits per heavy atom. The summed E-state index contributed by atoms with van der Waals surface area (Å²) < 4.78 is 0. The maximum atomic E-state index is 9.58. The fourth-order valence-corrected chi connectivity index (χ4v) is 2.43. The topological polar surface area (TPSA) is 45.2 Å². The third-order valence-corrected chi connectivity index (χ3v) is 3.42. The van der Waals surface area contributed by atoms with Gasteiger partial charge in [-0.2, -0.15) is 0 Å². The Labute approximate surface area is 96.9 Å². The van der Waals surface area contributed by atoms with Gasteiger partial charge in [0.2, 0.25) is 0 Å². The second kappa shape index (κ2) is 4.83. The lowest BCUT2D eigenvalue weighted by Gasteiger charge is -2.37. The molecule has 16 heavy (non-hydrogen) atoms. The molecule has 0 aliphatic heterocycles. The van der Waals surface area contributed by atoms with E-state index in [9.17, 15) is 5.11 Å². The maximum absolute atomic E-state index is 9.58. The molecule has 0 unspecified atom stereocenters. The number of nitrogens with zero attached hydrogens (tertiary/aromatic N) is 1. The lowest BCUT2D eigenvalue weighted by molar-refractivity contribution is 0.172. The molecule has 0 atom stereocenters. The van der Waals surface area contributed by atoms with E-state index in [1.54, 1.807) is 0 Å². The number of aliphatic hydroxyl groups excluding tert-OH is 1. The highest BCUT2D eigenvalue weighted by Crippen LogP contribution is 2.30. The van der Waals surface area contributed by atoms with Crippen molar-refractivity contribution in [3.8, 4) is 0 Å². The predicted octanol–water partition coefficient (Wildman–Crippen LogP) is 2.50. The average molecular weight is 220 g/mol. The van der Waals surface area contributed by atoms with E-state index in [1.807, 2.05) is 18.3 Å². The minimum absolute atomic E-state index is 0.140. The lowest BCUT2D eigenvalue weighted by atomic mass is 9.82. The molecule has 0 bridgehead atoms. The van der Waals surface area contributed by atoms with Gasteiger partial charge in [-0.25, -0.2) is 4.98 Å². The number of rotatable bonds is 3. The number of pyridine rings is 1. The number of nitrogens with one attached hydrogen (secondary N) is 1. The molecular formula is C13H20N2O. The molecule has 3 nitrogen and oxygen atoms in total. The molecule has 1 saturated carbocycles. The van der Waals surface area contributed by atoms with Gasteiger partial charge >= 0.3 is 0 Å². The minimum atomic E-state index is -0.140. The number of anilines is 1. The van der Waals surface area contributed by atoms with Crippen LogP contribution in [-0.2, 0) is 0 Å². The van der Waals surface area contributed by atoms with Gasteiger partial charge in [0, 0.05) is 6.20 Å². The van der Waals surface area contributed by atoms with Crippen LogP contribution in [0.1, 0.15) is 37.7 Å². The first-order valence-electron chi connectivity index (χ1n) is 6.06. The van der Waals surface area contributed by atoms with Crippen molar-refractivity contribution < 1.29 is 5.11 Å². The Morgan fingerprint density at radius 3 is 2.75 bits per heavy atom. The summed E-state index contributed by atoms with van der Waals surface area (Å²) in [4.78, 5) is 4.30. The molecule has 88 valence electrons. The standard InChI is InChI=1S/C13H20N2O/c1-11-5-8-14-12(9-11)15-13(10-16)6-3-2-4-7-13/h5,8-9,16H,2-4,6-7,10H2,1H3,(H,14,15). The monoisotopic (exact) mass is 220 g/mol. The molecule has 2 N–H and O–H groups in total. The van der Waals surface area contributed by atoms with Crippen LogP contribution < -0.4 is 5.32 Å². The van der Waals surface area contributed by atoms with Crippen LogP contribution in [0.3, 0.4) is 0 Å². The highest BCUT2D eigenvalue weighted by Gasteiger charge is 2.31. The summed E-state index contributed by atoms with van der Waals surface area (Å²) in [6.45, 7) is 2.25. The number of hydrogen-bond acceptors (Lipinski definition) is 3. The number of aryl methyl sites for hydroxylation is 1. The summed E-state index contributed by atoms with van der Waals surface area (Å²) in [5.74, 6) is 0.885. The van der Waals surface area contributed by atoms with E-state index in [-0.39, 0.29) is 12.1 Å². The van der Waals surface area contributed by atoms with Gasteiger partial charge in [0.1, 0.15) is 5.82 Å². The van der Waals surface area contributed by atoms with Crippen LogP contribution >= 0.6 is 0 Å². The van der Waals surface area contributed by atoms with Gasteiger partial charge in [0.05, 0.1) is 12.1 Å². The van der Waals surface area contributed by atoms with Crippen molar-refractivity contribution in [3.05, 3.63) is 23.9 Å². The normalized spacial score (nSPS) is 19.4. The zero-order chi connectivity index (χ0) is 11.4. The molecule has 1 aliphatic carbocycles. The van der Waals surface area contributed by atoms with Gasteiger partial charge in [0.15, 0.2) is 0 Å². The fraction of sp³-hybridized carbons (Fsp3) is 0.615. The first-order valence-corrected chi connectivity index (χ1v) is 6.06. The molecule has 1 fully saturated rings. The van der Waals surface area contributed by atoms with Crippen molar-refractivity contribution >= 4 is 5.82 Å². The van der Waals surface area contributed by atoms with Crippen molar-refractivity contribution in [2.45, 2.75) is 44.6 Å². The number of hydrogen-bond donors (Lipinski definition) is 2. The molecule has 1 heterocycles. The smallest absolute Gasteiger partial charge is 0.126 e. The summed E-state index contributed by atoms with van der Waals surface area (Å²) in [5.41, 5.74) is 1.06. The zero-order valence-electron chi connectivity index (χ0n) is 9.87. The Kier molecular flexibility index (Phi) is 3.44.